The number of nitrogens with zero attached hydrogens (tertiary/aromatic N) is 2. The van der Waals surface area contributed by atoms with Gasteiger partial charge in [0.2, 0.25) is 11.0 Å². The Kier molecular flexibility index (Phi) is 5.27. The van der Waals surface area contributed by atoms with E-state index in [1.165, 1.54) is 6.42 Å². The summed E-state index contributed by atoms with van der Waals surface area (Å²) in [6.07, 6.45) is 3.39. The van der Waals surface area contributed by atoms with Crippen LogP contribution in [0.5, 0.6) is 5.88 Å². The molecule has 0 radical (unpaired) electrons. The lowest BCUT2D eigenvalue weighted by Crippen LogP contribution is -2.19. The highest BCUT2D eigenvalue weighted by Gasteiger charge is 2.11. The number of aromatic nitrogens is 1. The average Bonchev–Trinajstić information content (AvgIpc) is 2.79. The first kappa shape index (κ1) is 15.4. The third-order valence-electron chi connectivity index (χ3n) is 3.29. The van der Waals surface area contributed by atoms with Crippen LogP contribution in [0.4, 0.5) is 5.69 Å². The molecule has 1 aromatic heterocycles. The number of H-pyrrole nitrogens is 1. The molecule has 1 aromatic carbocycles. The van der Waals surface area contributed by atoms with Crippen LogP contribution in [0.15, 0.2) is 28.4 Å². The first-order valence-electron chi connectivity index (χ1n) is 7.13. The molecule has 2 aromatic rings. The number of azo groups is 1. The second-order valence-corrected chi connectivity index (χ2v) is 5.35. The summed E-state index contributed by atoms with van der Waals surface area (Å²) in [7, 11) is 0. The van der Waals surface area contributed by atoms with E-state index in [0.29, 0.717) is 10.8 Å². The third kappa shape index (κ3) is 3.78. The maximum absolute atomic E-state index is 9.94. The van der Waals surface area contributed by atoms with Gasteiger partial charge in [0.25, 0.3) is 0 Å². The normalized spacial score (nSPS) is 11.3. The summed E-state index contributed by atoms with van der Waals surface area (Å²) in [4.78, 5) is 2.92. The van der Waals surface area contributed by atoms with Gasteiger partial charge in [-0.05, 0) is 31.1 Å². The minimum Gasteiger partial charge on any atom is -0.493 e. The molecule has 0 saturated carbocycles. The van der Waals surface area contributed by atoms with Crippen molar-refractivity contribution in [2.45, 2.75) is 33.1 Å². The van der Waals surface area contributed by atoms with E-state index < -0.39 is 0 Å². The quantitative estimate of drug-likeness (QED) is 0.437. The van der Waals surface area contributed by atoms with Gasteiger partial charge in [-0.15, -0.1) is 10.2 Å². The Bertz CT molecular complexity index is 663. The number of hydrogen-bond acceptors (Lipinski definition) is 3. The highest BCUT2D eigenvalue weighted by molar-refractivity contribution is 7.80. The molecule has 2 rings (SSSR count). The van der Waals surface area contributed by atoms with E-state index in [9.17, 15) is 5.11 Å². The second-order valence-electron chi connectivity index (χ2n) is 4.96. The van der Waals surface area contributed by atoms with Crippen LogP contribution in [-0.2, 0) is 0 Å². The molecule has 0 atom stereocenters. The fraction of sp³-hybridized carbons (Fsp3) is 0.400. The summed E-state index contributed by atoms with van der Waals surface area (Å²) in [5, 5.41) is 22.2. The predicted molar refractivity (Wildman–Crippen MR) is 89.3 cm³/mol. The van der Waals surface area contributed by atoms with Crippen molar-refractivity contribution >= 4 is 33.9 Å². The van der Waals surface area contributed by atoms with Crippen LogP contribution < -0.4 is 5.32 Å². The summed E-state index contributed by atoms with van der Waals surface area (Å²) in [6, 6.07) is 5.79. The minimum absolute atomic E-state index is 0.0110. The Morgan fingerprint density at radius 2 is 2.19 bits per heavy atom. The van der Waals surface area contributed by atoms with E-state index in [-0.39, 0.29) is 5.88 Å². The van der Waals surface area contributed by atoms with Crippen LogP contribution in [0, 0.1) is 6.92 Å². The molecule has 0 spiro atoms. The highest BCUT2D eigenvalue weighted by atomic mass is 32.1. The van der Waals surface area contributed by atoms with Crippen LogP contribution >= 0.6 is 12.2 Å². The van der Waals surface area contributed by atoms with Gasteiger partial charge in [-0.3, -0.25) is 0 Å². The molecular weight excluding hydrogens is 284 g/mol. The van der Waals surface area contributed by atoms with Gasteiger partial charge in [-0.2, -0.15) is 0 Å². The maximum atomic E-state index is 9.94. The molecule has 112 valence electrons. The van der Waals surface area contributed by atoms with Gasteiger partial charge >= 0.3 is 0 Å². The van der Waals surface area contributed by atoms with Gasteiger partial charge in [-0.1, -0.05) is 38.0 Å². The monoisotopic (exact) mass is 304 g/mol. The molecule has 1 heterocycles. The van der Waals surface area contributed by atoms with Crippen LogP contribution in [0.2, 0.25) is 0 Å². The zero-order valence-electron chi connectivity index (χ0n) is 12.3. The number of rotatable bonds is 5. The van der Waals surface area contributed by atoms with Crippen molar-refractivity contribution in [2.75, 3.05) is 6.54 Å². The molecule has 0 unspecified atom stereocenters. The number of para-hydroxylation sites is 1. The van der Waals surface area contributed by atoms with Crippen molar-refractivity contribution in [1.29, 1.82) is 0 Å². The lowest BCUT2D eigenvalue weighted by Gasteiger charge is -2.01. The Hall–Kier alpha value is -1.95. The Labute approximate surface area is 129 Å². The first-order chi connectivity index (χ1) is 10.1. The Morgan fingerprint density at radius 3 is 2.95 bits per heavy atom. The number of aromatic amines is 1. The molecule has 0 aliphatic heterocycles. The number of aryl methyl sites for hydroxylation is 1. The molecule has 0 saturated heterocycles. The van der Waals surface area contributed by atoms with Gasteiger partial charge in [0.05, 0.1) is 5.52 Å². The molecule has 0 amide bonds. The SMILES string of the molecule is CCCCCNC(=S)N=Nc1c(O)[nH]c2c(C)cccc12. The molecule has 0 aliphatic carbocycles. The summed E-state index contributed by atoms with van der Waals surface area (Å²) >= 11 is 5.11. The van der Waals surface area contributed by atoms with Crippen LogP contribution in [0.25, 0.3) is 10.9 Å². The molecule has 6 heteroatoms. The van der Waals surface area contributed by atoms with Gasteiger partial charge in [0.15, 0.2) is 5.69 Å². The van der Waals surface area contributed by atoms with Crippen molar-refractivity contribution in [3.8, 4) is 5.88 Å². The number of benzene rings is 1. The van der Waals surface area contributed by atoms with Crippen LogP contribution in [0.1, 0.15) is 31.7 Å². The lowest BCUT2D eigenvalue weighted by atomic mass is 10.1. The number of fused-ring (bicyclic) bond motifs is 1. The summed E-state index contributed by atoms with van der Waals surface area (Å²) in [6.45, 7) is 4.92. The molecular formula is C15H20N4OS. The summed E-state index contributed by atoms with van der Waals surface area (Å²) in [5.74, 6) is 0.0110. The van der Waals surface area contributed by atoms with E-state index in [1.807, 2.05) is 25.1 Å². The van der Waals surface area contributed by atoms with Gasteiger partial charge < -0.3 is 15.4 Å². The second kappa shape index (κ2) is 7.17. The van der Waals surface area contributed by atoms with E-state index in [2.05, 4.69) is 27.5 Å². The Morgan fingerprint density at radius 1 is 1.38 bits per heavy atom. The largest absolute Gasteiger partial charge is 0.493 e. The standard InChI is InChI=1S/C15H20N4OS/c1-3-4-5-9-16-15(21)19-18-13-11-8-6-7-10(2)12(11)17-14(13)20/h6-8,17,20H,3-5,9H2,1-2H3,(H,16,21). The lowest BCUT2D eigenvalue weighted by molar-refractivity contribution is 0.459. The molecule has 21 heavy (non-hydrogen) atoms. The number of unbranched alkanes of at least 4 members (excludes halogenated alkanes) is 2. The fourth-order valence-electron chi connectivity index (χ4n) is 2.14. The number of thiocarbonyl (C=S) groups is 1. The van der Waals surface area contributed by atoms with E-state index in [0.717, 1.165) is 35.9 Å². The van der Waals surface area contributed by atoms with Crippen LogP contribution in [0.3, 0.4) is 0 Å². The van der Waals surface area contributed by atoms with E-state index in [4.69, 9.17) is 12.2 Å². The molecule has 0 fully saturated rings. The van der Waals surface area contributed by atoms with Crippen molar-refractivity contribution in [3.05, 3.63) is 23.8 Å². The molecule has 5 nitrogen and oxygen atoms in total. The molecule has 0 bridgehead atoms. The van der Waals surface area contributed by atoms with Crippen molar-refractivity contribution in [3.63, 3.8) is 0 Å². The molecule has 3 N–H and O–H groups in total. The van der Waals surface area contributed by atoms with Gasteiger partial charge in [0.1, 0.15) is 0 Å². The van der Waals surface area contributed by atoms with Crippen molar-refractivity contribution < 1.29 is 5.11 Å². The van der Waals surface area contributed by atoms with Gasteiger partial charge in [0, 0.05) is 11.9 Å². The number of hydrogen-bond donors (Lipinski definition) is 3. The van der Waals surface area contributed by atoms with Crippen molar-refractivity contribution in [1.82, 2.24) is 10.3 Å². The summed E-state index contributed by atoms with van der Waals surface area (Å²) < 4.78 is 0. The Balaban J connectivity index is 2.09. The maximum Gasteiger partial charge on any atom is 0.218 e. The van der Waals surface area contributed by atoms with Gasteiger partial charge in [-0.25, -0.2) is 0 Å². The zero-order valence-corrected chi connectivity index (χ0v) is 13.1. The summed E-state index contributed by atoms with van der Waals surface area (Å²) in [5.41, 5.74) is 2.33. The zero-order chi connectivity index (χ0) is 15.2. The number of nitrogens with one attached hydrogen (secondary N) is 2. The van der Waals surface area contributed by atoms with Crippen molar-refractivity contribution in [2.24, 2.45) is 10.2 Å². The van der Waals surface area contributed by atoms with E-state index >= 15 is 0 Å². The number of aromatic hydroxyl groups is 1. The smallest absolute Gasteiger partial charge is 0.218 e. The first-order valence-corrected chi connectivity index (χ1v) is 7.54. The average molecular weight is 304 g/mol. The van der Waals surface area contributed by atoms with E-state index in [1.54, 1.807) is 0 Å². The molecule has 0 aliphatic rings. The fourth-order valence-corrected chi connectivity index (χ4v) is 2.28. The van der Waals surface area contributed by atoms with Crippen LogP contribution in [-0.4, -0.2) is 21.7 Å². The third-order valence-corrected chi connectivity index (χ3v) is 3.52. The minimum atomic E-state index is 0.0110. The topological polar surface area (TPSA) is 72.8 Å². The highest BCUT2D eigenvalue weighted by Crippen LogP contribution is 2.36. The predicted octanol–water partition coefficient (Wildman–Crippen LogP) is 4.33.